The van der Waals surface area contributed by atoms with Crippen LogP contribution < -0.4 is 0 Å². The van der Waals surface area contributed by atoms with E-state index in [4.69, 9.17) is 0 Å². The lowest BCUT2D eigenvalue weighted by atomic mass is 10.0. The molecule has 0 aromatic heterocycles. The number of phenolic OH excluding ortho intramolecular Hbond substituents is 1. The highest BCUT2D eigenvalue weighted by atomic mass is 79.9. The number of ketones is 1. The first-order chi connectivity index (χ1) is 8.06. The molecule has 0 aliphatic heterocycles. The lowest BCUT2D eigenvalue weighted by Gasteiger charge is -2.05. The zero-order chi connectivity index (χ0) is 12.8. The highest BCUT2D eigenvalue weighted by molar-refractivity contribution is 9.11. The van der Waals surface area contributed by atoms with Gasteiger partial charge in [-0.05, 0) is 50.4 Å². The predicted molar refractivity (Wildman–Crippen MR) is 76.6 cm³/mol. The average molecular weight is 364 g/mol. The molecule has 0 atom stereocenters. The summed E-state index contributed by atoms with van der Waals surface area (Å²) in [4.78, 5) is 11.9. The molecule has 0 unspecified atom stereocenters. The van der Waals surface area contributed by atoms with Crippen molar-refractivity contribution in [2.24, 2.45) is 0 Å². The molecule has 0 saturated heterocycles. The molecule has 0 heterocycles. The van der Waals surface area contributed by atoms with Gasteiger partial charge in [-0.3, -0.25) is 4.79 Å². The maximum atomic E-state index is 11.9. The molecule has 1 rings (SSSR count). The highest BCUT2D eigenvalue weighted by Crippen LogP contribution is 2.33. The molecule has 0 radical (unpaired) electrons. The zero-order valence-corrected chi connectivity index (χ0v) is 13.0. The van der Waals surface area contributed by atoms with Gasteiger partial charge in [0, 0.05) is 12.0 Å². The van der Waals surface area contributed by atoms with Crippen molar-refractivity contribution in [2.45, 2.75) is 39.0 Å². The summed E-state index contributed by atoms with van der Waals surface area (Å²) in [7, 11) is 0. The van der Waals surface area contributed by atoms with Crippen molar-refractivity contribution in [1.29, 1.82) is 0 Å². The normalized spacial score (nSPS) is 10.5. The fraction of sp³-hybridized carbons (Fsp3) is 0.462. The van der Waals surface area contributed by atoms with Crippen LogP contribution in [0.25, 0.3) is 0 Å². The Hall–Kier alpha value is -0.350. The molecule has 1 N–H and O–H groups in total. The third-order valence-electron chi connectivity index (χ3n) is 2.60. The third-order valence-corrected chi connectivity index (χ3v) is 3.81. The monoisotopic (exact) mass is 362 g/mol. The molecule has 0 saturated carbocycles. The van der Waals surface area contributed by atoms with E-state index < -0.39 is 0 Å². The van der Waals surface area contributed by atoms with Crippen LogP contribution in [0.4, 0.5) is 0 Å². The SMILES string of the molecule is CCCCCCC(=O)c1cc(Br)c(O)c(Br)c1. The highest BCUT2D eigenvalue weighted by Gasteiger charge is 2.11. The van der Waals surface area contributed by atoms with Crippen LogP contribution in [0.1, 0.15) is 49.4 Å². The number of carbonyl (C=O) groups is 1. The molecule has 1 aromatic rings. The Kier molecular flexibility index (Phi) is 6.20. The number of Topliss-reactive ketones (excluding diaryl/α,β-unsaturated/α-hetero) is 1. The van der Waals surface area contributed by atoms with E-state index in [1.54, 1.807) is 12.1 Å². The minimum atomic E-state index is 0.127. The Balaban J connectivity index is 2.63. The summed E-state index contributed by atoms with van der Waals surface area (Å²) in [5.41, 5.74) is 0.637. The summed E-state index contributed by atoms with van der Waals surface area (Å²) in [6.07, 6.45) is 4.95. The molecule has 0 spiro atoms. The second kappa shape index (κ2) is 7.17. The van der Waals surface area contributed by atoms with Crippen molar-refractivity contribution >= 4 is 37.6 Å². The van der Waals surface area contributed by atoms with Crippen LogP contribution in [-0.2, 0) is 0 Å². The van der Waals surface area contributed by atoms with E-state index in [0.717, 1.165) is 12.8 Å². The lowest BCUT2D eigenvalue weighted by Crippen LogP contribution is -1.99. The number of carbonyl (C=O) groups excluding carboxylic acids is 1. The maximum absolute atomic E-state index is 11.9. The van der Waals surface area contributed by atoms with Gasteiger partial charge < -0.3 is 5.11 Å². The van der Waals surface area contributed by atoms with Crippen molar-refractivity contribution < 1.29 is 9.90 Å². The van der Waals surface area contributed by atoms with E-state index >= 15 is 0 Å². The first-order valence-electron chi connectivity index (χ1n) is 5.77. The van der Waals surface area contributed by atoms with Crippen LogP contribution in [-0.4, -0.2) is 10.9 Å². The summed E-state index contributed by atoms with van der Waals surface area (Å²) in [6, 6.07) is 3.34. The first kappa shape index (κ1) is 14.7. The van der Waals surface area contributed by atoms with Gasteiger partial charge >= 0.3 is 0 Å². The van der Waals surface area contributed by atoms with Crippen molar-refractivity contribution in [1.82, 2.24) is 0 Å². The summed E-state index contributed by atoms with van der Waals surface area (Å²) in [5, 5.41) is 9.55. The smallest absolute Gasteiger partial charge is 0.162 e. The number of hydrogen-bond acceptors (Lipinski definition) is 2. The van der Waals surface area contributed by atoms with Crippen LogP contribution in [0.3, 0.4) is 0 Å². The van der Waals surface area contributed by atoms with Gasteiger partial charge in [-0.1, -0.05) is 26.2 Å². The van der Waals surface area contributed by atoms with E-state index in [1.807, 2.05) is 0 Å². The number of hydrogen-bond donors (Lipinski definition) is 1. The van der Waals surface area contributed by atoms with Gasteiger partial charge in [0.1, 0.15) is 5.75 Å². The van der Waals surface area contributed by atoms with Gasteiger partial charge in [-0.25, -0.2) is 0 Å². The fourth-order valence-electron chi connectivity index (χ4n) is 1.58. The number of aromatic hydroxyl groups is 1. The van der Waals surface area contributed by atoms with Gasteiger partial charge in [0.2, 0.25) is 0 Å². The minimum absolute atomic E-state index is 0.127. The van der Waals surface area contributed by atoms with Gasteiger partial charge in [0.25, 0.3) is 0 Å². The Morgan fingerprint density at radius 1 is 1.18 bits per heavy atom. The molecule has 17 heavy (non-hydrogen) atoms. The third kappa shape index (κ3) is 4.43. The molecule has 0 bridgehead atoms. The fourth-order valence-corrected chi connectivity index (χ4v) is 2.77. The predicted octanol–water partition coefficient (Wildman–Crippen LogP) is 5.07. The number of benzene rings is 1. The Bertz CT molecular complexity index is 379. The van der Waals surface area contributed by atoms with E-state index in [1.165, 1.54) is 12.8 Å². The molecule has 0 aliphatic rings. The Labute approximate surface area is 119 Å². The Morgan fingerprint density at radius 2 is 1.76 bits per heavy atom. The van der Waals surface area contributed by atoms with Crippen LogP contribution in [0.15, 0.2) is 21.1 Å². The van der Waals surface area contributed by atoms with Gasteiger partial charge in [-0.15, -0.1) is 0 Å². The standard InChI is InChI=1S/C13H16Br2O2/c1-2-3-4-5-6-12(16)9-7-10(14)13(17)11(15)8-9/h7-8,17H,2-6H2,1H3. The molecule has 0 amide bonds. The van der Waals surface area contributed by atoms with Crippen molar-refractivity contribution in [3.8, 4) is 5.75 Å². The number of unbranched alkanes of at least 4 members (excludes halogenated alkanes) is 3. The molecule has 0 aliphatic carbocycles. The van der Waals surface area contributed by atoms with E-state index in [-0.39, 0.29) is 11.5 Å². The summed E-state index contributed by atoms with van der Waals surface area (Å²) in [6.45, 7) is 2.15. The molecule has 1 aromatic carbocycles. The largest absolute Gasteiger partial charge is 0.506 e. The van der Waals surface area contributed by atoms with Crippen molar-refractivity contribution in [2.75, 3.05) is 0 Å². The van der Waals surface area contributed by atoms with E-state index in [2.05, 4.69) is 38.8 Å². The van der Waals surface area contributed by atoms with E-state index in [9.17, 15) is 9.90 Å². The van der Waals surface area contributed by atoms with Gasteiger partial charge in [0.05, 0.1) is 8.95 Å². The molecular formula is C13H16Br2O2. The van der Waals surface area contributed by atoms with Crippen molar-refractivity contribution in [3.05, 3.63) is 26.6 Å². The molecule has 94 valence electrons. The summed E-state index contributed by atoms with van der Waals surface area (Å²) >= 11 is 6.45. The van der Waals surface area contributed by atoms with E-state index in [0.29, 0.717) is 20.9 Å². The summed E-state index contributed by atoms with van der Waals surface area (Å²) in [5.74, 6) is 0.259. The molecule has 2 nitrogen and oxygen atoms in total. The minimum Gasteiger partial charge on any atom is -0.506 e. The van der Waals surface area contributed by atoms with Crippen LogP contribution >= 0.6 is 31.9 Å². The summed E-state index contributed by atoms with van der Waals surface area (Å²) < 4.78 is 1.09. The molecule has 0 fully saturated rings. The second-order valence-electron chi connectivity index (χ2n) is 4.02. The topological polar surface area (TPSA) is 37.3 Å². The Morgan fingerprint density at radius 3 is 2.29 bits per heavy atom. The van der Waals surface area contributed by atoms with Crippen molar-refractivity contribution in [3.63, 3.8) is 0 Å². The number of rotatable bonds is 6. The number of halogens is 2. The number of phenols is 1. The molecular weight excluding hydrogens is 348 g/mol. The zero-order valence-electron chi connectivity index (χ0n) is 9.80. The molecule has 4 heteroatoms. The first-order valence-corrected chi connectivity index (χ1v) is 7.36. The van der Waals surface area contributed by atoms with Crippen LogP contribution in [0.5, 0.6) is 5.75 Å². The van der Waals surface area contributed by atoms with Crippen LogP contribution in [0.2, 0.25) is 0 Å². The second-order valence-corrected chi connectivity index (χ2v) is 5.73. The average Bonchev–Trinajstić information content (AvgIpc) is 2.30. The lowest BCUT2D eigenvalue weighted by molar-refractivity contribution is 0.0979. The van der Waals surface area contributed by atoms with Crippen LogP contribution in [0, 0.1) is 0 Å². The quantitative estimate of drug-likeness (QED) is 0.565. The van der Waals surface area contributed by atoms with Gasteiger partial charge in [-0.2, -0.15) is 0 Å². The van der Waals surface area contributed by atoms with Gasteiger partial charge in [0.15, 0.2) is 5.78 Å². The maximum Gasteiger partial charge on any atom is 0.162 e.